The topological polar surface area (TPSA) is 75.3 Å². The van der Waals surface area contributed by atoms with Gasteiger partial charge in [0.25, 0.3) is 0 Å². The highest BCUT2D eigenvalue weighted by atomic mass is 16.5. The molecule has 0 radical (unpaired) electrons. The minimum Gasteiger partial charge on any atom is -0.357 e. The summed E-state index contributed by atoms with van der Waals surface area (Å²) in [6.45, 7) is 6.59. The van der Waals surface area contributed by atoms with Gasteiger partial charge < -0.3 is 15.2 Å². The predicted molar refractivity (Wildman–Crippen MR) is 97.1 cm³/mol. The second-order valence-corrected chi connectivity index (χ2v) is 6.67. The Morgan fingerprint density at radius 3 is 2.75 bits per heavy atom. The van der Waals surface area contributed by atoms with Gasteiger partial charge in [0, 0.05) is 26.1 Å². The first-order chi connectivity index (χ1) is 11.8. The molecule has 1 saturated carbocycles. The van der Waals surface area contributed by atoms with E-state index in [-0.39, 0.29) is 0 Å². The van der Waals surface area contributed by atoms with E-state index in [4.69, 9.17) is 4.52 Å². The molecule has 0 aliphatic heterocycles. The number of hydrogen-bond donors (Lipinski definition) is 2. The molecule has 0 bridgehead atoms. The Morgan fingerprint density at radius 2 is 2.04 bits per heavy atom. The van der Waals surface area contributed by atoms with E-state index in [9.17, 15) is 0 Å². The summed E-state index contributed by atoms with van der Waals surface area (Å²) >= 11 is 0. The predicted octanol–water partition coefficient (Wildman–Crippen LogP) is 3.23. The largest absolute Gasteiger partial charge is 0.357 e. The van der Waals surface area contributed by atoms with Gasteiger partial charge in [-0.25, -0.2) is 0 Å². The van der Waals surface area contributed by atoms with Gasteiger partial charge >= 0.3 is 0 Å². The summed E-state index contributed by atoms with van der Waals surface area (Å²) in [5.74, 6) is 3.27. The summed E-state index contributed by atoms with van der Waals surface area (Å²) in [6.07, 6.45) is 11.5. The Kier molecular flexibility index (Phi) is 8.63. The first-order valence-corrected chi connectivity index (χ1v) is 9.59. The smallest absolute Gasteiger partial charge is 0.226 e. The lowest BCUT2D eigenvalue weighted by atomic mass is 9.86. The number of guanidine groups is 1. The van der Waals surface area contributed by atoms with Gasteiger partial charge in [0.15, 0.2) is 11.8 Å². The summed E-state index contributed by atoms with van der Waals surface area (Å²) in [5, 5.41) is 10.6. The molecule has 0 amide bonds. The van der Waals surface area contributed by atoms with Crippen molar-refractivity contribution in [3.8, 4) is 0 Å². The fraction of sp³-hybridized carbons (Fsp3) is 0.833. The molecule has 1 aliphatic carbocycles. The first kappa shape index (κ1) is 18.7. The van der Waals surface area contributed by atoms with Crippen molar-refractivity contribution in [3.63, 3.8) is 0 Å². The maximum atomic E-state index is 5.12. The van der Waals surface area contributed by atoms with Gasteiger partial charge in [0.2, 0.25) is 5.89 Å². The minimum absolute atomic E-state index is 0.696. The highest BCUT2D eigenvalue weighted by molar-refractivity contribution is 5.79. The Morgan fingerprint density at radius 1 is 1.21 bits per heavy atom. The standard InChI is InChI=1S/C18H33N5O/c1-3-19-18(20-13-7-11-16-9-5-4-6-10-16)21-14-8-12-17-22-15(2)23-24-17/h16H,3-14H2,1-2H3,(H2,19,20,21). The zero-order chi connectivity index (χ0) is 17.0. The van der Waals surface area contributed by atoms with Crippen LogP contribution in [0.1, 0.15) is 70.0 Å². The van der Waals surface area contributed by atoms with Gasteiger partial charge in [-0.2, -0.15) is 4.98 Å². The highest BCUT2D eigenvalue weighted by Gasteiger charge is 2.12. The van der Waals surface area contributed by atoms with Crippen LogP contribution >= 0.6 is 0 Å². The third-order valence-corrected chi connectivity index (χ3v) is 4.54. The van der Waals surface area contributed by atoms with E-state index in [0.29, 0.717) is 11.7 Å². The van der Waals surface area contributed by atoms with Crippen molar-refractivity contribution < 1.29 is 4.52 Å². The van der Waals surface area contributed by atoms with Crippen molar-refractivity contribution in [1.29, 1.82) is 0 Å². The summed E-state index contributed by atoms with van der Waals surface area (Å²) in [5.41, 5.74) is 0. The number of aromatic nitrogens is 2. The molecule has 1 aromatic heterocycles. The summed E-state index contributed by atoms with van der Waals surface area (Å²) < 4.78 is 5.12. The van der Waals surface area contributed by atoms with Crippen LogP contribution in [0.4, 0.5) is 0 Å². The third-order valence-electron chi connectivity index (χ3n) is 4.54. The van der Waals surface area contributed by atoms with E-state index in [1.807, 2.05) is 6.92 Å². The van der Waals surface area contributed by atoms with Crippen LogP contribution in [-0.2, 0) is 6.42 Å². The molecule has 24 heavy (non-hydrogen) atoms. The van der Waals surface area contributed by atoms with E-state index in [1.165, 1.54) is 44.9 Å². The number of nitrogens with one attached hydrogen (secondary N) is 2. The Balaban J connectivity index is 1.60. The van der Waals surface area contributed by atoms with Crippen molar-refractivity contribution in [3.05, 3.63) is 11.7 Å². The van der Waals surface area contributed by atoms with E-state index >= 15 is 0 Å². The van der Waals surface area contributed by atoms with Crippen molar-refractivity contribution in [1.82, 2.24) is 20.8 Å². The van der Waals surface area contributed by atoms with Crippen LogP contribution in [0, 0.1) is 12.8 Å². The molecule has 0 atom stereocenters. The van der Waals surface area contributed by atoms with Crippen molar-refractivity contribution in [2.75, 3.05) is 19.6 Å². The van der Waals surface area contributed by atoms with Crippen LogP contribution in [0.2, 0.25) is 0 Å². The van der Waals surface area contributed by atoms with Crippen molar-refractivity contribution in [2.24, 2.45) is 10.9 Å². The van der Waals surface area contributed by atoms with E-state index < -0.39 is 0 Å². The van der Waals surface area contributed by atoms with Gasteiger partial charge in [0.1, 0.15) is 0 Å². The zero-order valence-corrected chi connectivity index (χ0v) is 15.3. The molecule has 0 aromatic carbocycles. The summed E-state index contributed by atoms with van der Waals surface area (Å²) in [4.78, 5) is 8.84. The Bertz CT molecular complexity index is 480. The van der Waals surface area contributed by atoms with Gasteiger partial charge in [0.05, 0.1) is 0 Å². The average molecular weight is 335 g/mol. The minimum atomic E-state index is 0.696. The second kappa shape index (κ2) is 11.0. The van der Waals surface area contributed by atoms with Crippen molar-refractivity contribution in [2.45, 2.75) is 71.6 Å². The van der Waals surface area contributed by atoms with Crippen molar-refractivity contribution >= 4 is 5.96 Å². The van der Waals surface area contributed by atoms with Crippen LogP contribution < -0.4 is 10.6 Å². The number of aryl methyl sites for hydroxylation is 2. The molecule has 1 fully saturated rings. The second-order valence-electron chi connectivity index (χ2n) is 6.67. The summed E-state index contributed by atoms with van der Waals surface area (Å²) in [7, 11) is 0. The molecule has 2 N–H and O–H groups in total. The summed E-state index contributed by atoms with van der Waals surface area (Å²) in [6, 6.07) is 0. The number of nitrogens with zero attached hydrogens (tertiary/aromatic N) is 3. The van der Waals surface area contributed by atoms with Gasteiger partial charge in [-0.3, -0.25) is 4.99 Å². The van der Waals surface area contributed by atoms with E-state index in [0.717, 1.165) is 44.4 Å². The fourth-order valence-corrected chi connectivity index (χ4v) is 3.28. The van der Waals surface area contributed by atoms with Gasteiger partial charge in [-0.05, 0) is 39.0 Å². The van der Waals surface area contributed by atoms with E-state index in [2.05, 4.69) is 32.7 Å². The first-order valence-electron chi connectivity index (χ1n) is 9.59. The van der Waals surface area contributed by atoms with Crippen LogP contribution in [0.25, 0.3) is 0 Å². The zero-order valence-electron chi connectivity index (χ0n) is 15.3. The number of aliphatic imine (C=N–C) groups is 1. The van der Waals surface area contributed by atoms with Crippen LogP contribution in [0.15, 0.2) is 9.52 Å². The lowest BCUT2D eigenvalue weighted by Crippen LogP contribution is -2.38. The Hall–Kier alpha value is -1.59. The average Bonchev–Trinajstić information content (AvgIpc) is 3.01. The lowest BCUT2D eigenvalue weighted by Gasteiger charge is -2.21. The monoisotopic (exact) mass is 335 g/mol. The molecule has 6 nitrogen and oxygen atoms in total. The molecule has 0 saturated heterocycles. The number of rotatable bonds is 9. The van der Waals surface area contributed by atoms with Crippen LogP contribution in [0.5, 0.6) is 0 Å². The Labute approximate surface area is 145 Å². The fourth-order valence-electron chi connectivity index (χ4n) is 3.28. The van der Waals surface area contributed by atoms with Crippen LogP contribution in [-0.4, -0.2) is 35.7 Å². The quantitative estimate of drug-likeness (QED) is 0.412. The van der Waals surface area contributed by atoms with Gasteiger partial charge in [-0.15, -0.1) is 0 Å². The molecule has 1 aromatic rings. The maximum absolute atomic E-state index is 5.12. The maximum Gasteiger partial charge on any atom is 0.226 e. The molecular weight excluding hydrogens is 302 g/mol. The SMILES string of the molecule is CCNC(=NCCCc1nc(C)no1)NCCCC1CCCCC1. The molecule has 1 aliphatic rings. The molecular formula is C18H33N5O. The normalized spacial score (nSPS) is 16.3. The lowest BCUT2D eigenvalue weighted by molar-refractivity contribution is 0.332. The van der Waals surface area contributed by atoms with Gasteiger partial charge in [-0.1, -0.05) is 37.3 Å². The molecule has 136 valence electrons. The number of hydrogen-bond acceptors (Lipinski definition) is 4. The third kappa shape index (κ3) is 7.32. The molecule has 0 unspecified atom stereocenters. The molecule has 0 spiro atoms. The molecule has 6 heteroatoms. The molecule has 2 rings (SSSR count). The van der Waals surface area contributed by atoms with Crippen LogP contribution in [0.3, 0.4) is 0 Å². The molecule has 1 heterocycles. The van der Waals surface area contributed by atoms with E-state index in [1.54, 1.807) is 0 Å². The highest BCUT2D eigenvalue weighted by Crippen LogP contribution is 2.26.